The highest BCUT2D eigenvalue weighted by Gasteiger charge is 2.71. The molecule has 0 radical (unpaired) electrons. The van der Waals surface area contributed by atoms with Crippen molar-refractivity contribution in [2.75, 3.05) is 0 Å². The second-order valence-electron chi connectivity index (χ2n) is 15.9. The number of rotatable bonds is 5. The van der Waals surface area contributed by atoms with Crippen molar-refractivity contribution < 1.29 is 10.2 Å². The van der Waals surface area contributed by atoms with Crippen LogP contribution in [0.1, 0.15) is 84.3 Å². The molecule has 4 aliphatic rings. The third-order valence-electron chi connectivity index (χ3n) is 12.3. The lowest BCUT2D eigenvalue weighted by Gasteiger charge is -2.75. The summed E-state index contributed by atoms with van der Waals surface area (Å²) in [5.41, 5.74) is 7.32. The van der Waals surface area contributed by atoms with E-state index in [9.17, 15) is 10.2 Å². The summed E-state index contributed by atoms with van der Waals surface area (Å²) >= 11 is 0. The van der Waals surface area contributed by atoms with Gasteiger partial charge in [-0.3, -0.25) is 0 Å². The Balaban J connectivity index is 1.46. The third-order valence-corrected chi connectivity index (χ3v) is 12.3. The van der Waals surface area contributed by atoms with Crippen LogP contribution in [0.2, 0.25) is 0 Å². The molecule has 0 spiro atoms. The second kappa shape index (κ2) is 9.49. The number of aromatic hydroxyl groups is 2. The SMILES string of the molecule is CC(C)C12CC3(c4ccc(O)c(-c5ccccc5)c4)CC(c4ccc(O)c(-c5ccccc5)c4)(C1)CC(C(C)(C)C)(C3)C2. The summed E-state index contributed by atoms with van der Waals surface area (Å²) in [6.45, 7) is 12.4. The van der Waals surface area contributed by atoms with E-state index in [-0.39, 0.29) is 27.1 Å². The molecule has 43 heavy (non-hydrogen) atoms. The van der Waals surface area contributed by atoms with Crippen molar-refractivity contribution in [1.82, 2.24) is 0 Å². The first-order chi connectivity index (χ1) is 20.4. The second-order valence-corrected chi connectivity index (χ2v) is 15.9. The summed E-state index contributed by atoms with van der Waals surface area (Å²) in [7, 11) is 0. The van der Waals surface area contributed by atoms with E-state index in [2.05, 4.69) is 107 Å². The summed E-state index contributed by atoms with van der Waals surface area (Å²) in [4.78, 5) is 0. The first kappa shape index (κ1) is 28.3. The highest BCUT2D eigenvalue weighted by Crippen LogP contribution is 2.79. The average Bonchev–Trinajstić information content (AvgIpc) is 2.97. The fraction of sp³-hybridized carbons (Fsp3) is 0.415. The summed E-state index contributed by atoms with van der Waals surface area (Å²) in [5, 5.41) is 22.1. The zero-order chi connectivity index (χ0) is 30.3. The number of hydrogen-bond acceptors (Lipinski definition) is 2. The zero-order valence-corrected chi connectivity index (χ0v) is 26.5. The summed E-state index contributed by atoms with van der Waals surface area (Å²) < 4.78 is 0. The van der Waals surface area contributed by atoms with Gasteiger partial charge in [0.25, 0.3) is 0 Å². The molecule has 2 N–H and O–H groups in total. The molecule has 2 nitrogen and oxygen atoms in total. The Kier molecular flexibility index (Phi) is 6.24. The van der Waals surface area contributed by atoms with E-state index in [1.165, 1.54) is 43.2 Å². The summed E-state index contributed by atoms with van der Waals surface area (Å²) in [6.07, 6.45) is 7.13. The Bertz CT molecular complexity index is 1550. The normalized spacial score (nSPS) is 29.7. The van der Waals surface area contributed by atoms with Gasteiger partial charge in [0, 0.05) is 11.1 Å². The molecule has 0 amide bonds. The van der Waals surface area contributed by atoms with Gasteiger partial charge in [-0.15, -0.1) is 0 Å². The Labute approximate surface area is 257 Å². The maximum atomic E-state index is 11.1. The summed E-state index contributed by atoms with van der Waals surface area (Å²) in [6, 6.07) is 33.7. The minimum Gasteiger partial charge on any atom is -0.507 e. The molecular formula is C41H46O2. The van der Waals surface area contributed by atoms with Crippen molar-refractivity contribution in [3.8, 4) is 33.8 Å². The van der Waals surface area contributed by atoms with Crippen LogP contribution in [0.15, 0.2) is 97.1 Å². The van der Waals surface area contributed by atoms with Gasteiger partial charge in [0.05, 0.1) is 0 Å². The number of benzene rings is 4. The predicted octanol–water partition coefficient (Wildman–Crippen LogP) is 10.7. The van der Waals surface area contributed by atoms with Gasteiger partial charge in [-0.2, -0.15) is 0 Å². The van der Waals surface area contributed by atoms with Crippen LogP contribution < -0.4 is 0 Å². The van der Waals surface area contributed by atoms with E-state index in [1.54, 1.807) is 0 Å². The molecule has 4 aromatic rings. The highest BCUT2D eigenvalue weighted by atomic mass is 16.3. The van der Waals surface area contributed by atoms with Gasteiger partial charge in [-0.25, -0.2) is 0 Å². The van der Waals surface area contributed by atoms with Crippen molar-refractivity contribution in [3.63, 3.8) is 0 Å². The van der Waals surface area contributed by atoms with Gasteiger partial charge in [0.2, 0.25) is 0 Å². The largest absolute Gasteiger partial charge is 0.507 e. The van der Waals surface area contributed by atoms with Crippen molar-refractivity contribution in [2.24, 2.45) is 22.2 Å². The summed E-state index contributed by atoms with van der Waals surface area (Å²) in [5.74, 6) is 1.26. The first-order valence-electron chi connectivity index (χ1n) is 16.2. The predicted molar refractivity (Wildman–Crippen MR) is 177 cm³/mol. The molecule has 2 heteroatoms. The number of phenols is 2. The third kappa shape index (κ3) is 4.27. The van der Waals surface area contributed by atoms with Gasteiger partial charge >= 0.3 is 0 Å². The molecule has 0 heterocycles. The van der Waals surface area contributed by atoms with Crippen LogP contribution in [0.5, 0.6) is 11.5 Å². The van der Waals surface area contributed by atoms with Crippen molar-refractivity contribution in [3.05, 3.63) is 108 Å². The molecule has 2 atom stereocenters. The topological polar surface area (TPSA) is 40.5 Å². The van der Waals surface area contributed by atoms with Gasteiger partial charge in [-0.1, -0.05) is 107 Å². The molecule has 4 aliphatic carbocycles. The molecular weight excluding hydrogens is 524 g/mol. The van der Waals surface area contributed by atoms with Crippen molar-refractivity contribution in [2.45, 2.75) is 84.0 Å². The van der Waals surface area contributed by atoms with Crippen LogP contribution in [0.3, 0.4) is 0 Å². The Morgan fingerprint density at radius 1 is 0.558 bits per heavy atom. The van der Waals surface area contributed by atoms with Crippen LogP contribution in [-0.4, -0.2) is 10.2 Å². The molecule has 0 aliphatic heterocycles. The molecule has 0 aromatic heterocycles. The standard InChI is InChI=1S/C41H46O2/c1-28(2)38-22-39(31-16-18-35(42)33(20-31)29-12-8-6-9-13-29)24-40(23-38,27-41(25-38,26-39)37(3,4)5)32-17-19-36(43)34(21-32)30-14-10-7-11-15-30/h6-21,28,42-43H,22-27H2,1-5H3. The molecule has 4 bridgehead atoms. The Morgan fingerprint density at radius 2 is 1.00 bits per heavy atom. The van der Waals surface area contributed by atoms with Gasteiger partial charge < -0.3 is 10.2 Å². The van der Waals surface area contributed by atoms with Crippen LogP contribution in [0.25, 0.3) is 22.3 Å². The van der Waals surface area contributed by atoms with E-state index < -0.39 is 0 Å². The molecule has 0 saturated heterocycles. The van der Waals surface area contributed by atoms with Gasteiger partial charge in [0.1, 0.15) is 11.5 Å². The number of hydrogen-bond donors (Lipinski definition) is 2. The van der Waals surface area contributed by atoms with E-state index in [0.717, 1.165) is 28.7 Å². The molecule has 4 fully saturated rings. The van der Waals surface area contributed by atoms with E-state index in [1.807, 2.05) is 24.3 Å². The lowest BCUT2D eigenvalue weighted by Crippen LogP contribution is -2.68. The van der Waals surface area contributed by atoms with E-state index in [0.29, 0.717) is 17.4 Å². The van der Waals surface area contributed by atoms with Crippen LogP contribution in [0, 0.1) is 22.2 Å². The maximum Gasteiger partial charge on any atom is 0.123 e. The van der Waals surface area contributed by atoms with E-state index in [4.69, 9.17) is 0 Å². The zero-order valence-electron chi connectivity index (χ0n) is 26.5. The lowest BCUT2D eigenvalue weighted by molar-refractivity contribution is -0.196. The molecule has 4 aromatic carbocycles. The minimum absolute atomic E-state index is 0.00826. The smallest absolute Gasteiger partial charge is 0.123 e. The fourth-order valence-electron chi connectivity index (χ4n) is 10.2. The fourth-order valence-corrected chi connectivity index (χ4v) is 10.2. The Morgan fingerprint density at radius 3 is 1.40 bits per heavy atom. The monoisotopic (exact) mass is 570 g/mol. The quantitative estimate of drug-likeness (QED) is 0.251. The van der Waals surface area contributed by atoms with Crippen LogP contribution in [0.4, 0.5) is 0 Å². The van der Waals surface area contributed by atoms with Crippen LogP contribution in [-0.2, 0) is 10.8 Å². The first-order valence-corrected chi connectivity index (χ1v) is 16.2. The molecule has 222 valence electrons. The van der Waals surface area contributed by atoms with Crippen molar-refractivity contribution >= 4 is 0 Å². The van der Waals surface area contributed by atoms with E-state index >= 15 is 0 Å². The maximum absolute atomic E-state index is 11.1. The average molecular weight is 571 g/mol. The molecule has 8 rings (SSSR count). The van der Waals surface area contributed by atoms with Gasteiger partial charge in [0.15, 0.2) is 0 Å². The lowest BCUT2D eigenvalue weighted by atomic mass is 9.29. The molecule has 2 unspecified atom stereocenters. The highest BCUT2D eigenvalue weighted by molar-refractivity contribution is 5.72. The van der Waals surface area contributed by atoms with Crippen molar-refractivity contribution in [1.29, 1.82) is 0 Å². The minimum atomic E-state index is 0.00826. The number of phenolic OH excluding ortho intramolecular Hbond substituents is 2. The van der Waals surface area contributed by atoms with Gasteiger partial charge in [-0.05, 0) is 118 Å². The molecule has 4 saturated carbocycles. The Hall–Kier alpha value is -3.52. The van der Waals surface area contributed by atoms with Crippen LogP contribution >= 0.6 is 0 Å².